The molecule has 0 bridgehead atoms. The summed E-state index contributed by atoms with van der Waals surface area (Å²) in [6, 6.07) is 16.9. The summed E-state index contributed by atoms with van der Waals surface area (Å²) in [4.78, 5) is 24.9. The van der Waals surface area contributed by atoms with Crippen molar-refractivity contribution in [1.29, 1.82) is 0 Å². The number of ether oxygens (including phenoxy) is 1. The quantitative estimate of drug-likeness (QED) is 0.568. The summed E-state index contributed by atoms with van der Waals surface area (Å²) >= 11 is 3.36. The molecule has 2 aromatic carbocycles. The van der Waals surface area contributed by atoms with Crippen LogP contribution in [0.15, 0.2) is 59.1 Å². The van der Waals surface area contributed by atoms with Gasteiger partial charge in [0.1, 0.15) is 18.9 Å². The van der Waals surface area contributed by atoms with Crippen molar-refractivity contribution >= 4 is 33.4 Å². The van der Waals surface area contributed by atoms with Gasteiger partial charge in [-0.2, -0.15) is 0 Å². The number of hydrogen-bond donors (Lipinski definition) is 3. The first kappa shape index (κ1) is 19.9. The number of benzene rings is 2. The molecule has 0 saturated carbocycles. The van der Waals surface area contributed by atoms with Crippen LogP contribution >= 0.6 is 15.9 Å². The molecule has 2 amide bonds. The first-order valence-electron chi connectivity index (χ1n) is 8.35. The molecule has 0 aliphatic carbocycles. The Morgan fingerprint density at radius 3 is 2.46 bits per heavy atom. The van der Waals surface area contributed by atoms with Gasteiger partial charge in [-0.1, -0.05) is 30.3 Å². The molecule has 1 atom stereocenters. The van der Waals surface area contributed by atoms with Crippen LogP contribution in [0.3, 0.4) is 0 Å². The molecule has 0 aliphatic rings. The molecule has 2 rings (SSSR count). The number of nitrogens with one attached hydrogen (secondary N) is 3. The van der Waals surface area contributed by atoms with E-state index in [1.807, 2.05) is 55.6 Å². The number of carbonyl (C=O) groups is 2. The predicted octanol–water partition coefficient (Wildman–Crippen LogP) is 1.10. The standard InChI is InChI=1S/C19H22BrN3O3/c1-23(11-12-26-15-7-3-2-4-8-15)14-19(25)21-13-18(24)22-17-10-6-5-9-16(17)20/h2-10H,11-14H2,1H3,(H,21,25)(H,22,24)/p+1. The van der Waals surface area contributed by atoms with Gasteiger partial charge in [-0.15, -0.1) is 0 Å². The molecule has 2 aromatic rings. The third-order valence-electron chi connectivity index (χ3n) is 3.60. The second kappa shape index (κ2) is 10.6. The van der Waals surface area contributed by atoms with Gasteiger partial charge in [0.15, 0.2) is 6.54 Å². The molecular weight excluding hydrogens is 398 g/mol. The van der Waals surface area contributed by atoms with Crippen molar-refractivity contribution in [3.63, 3.8) is 0 Å². The number of rotatable bonds is 9. The summed E-state index contributed by atoms with van der Waals surface area (Å²) in [5.41, 5.74) is 0.674. The predicted molar refractivity (Wildman–Crippen MR) is 104 cm³/mol. The van der Waals surface area contributed by atoms with E-state index in [4.69, 9.17) is 4.74 Å². The van der Waals surface area contributed by atoms with Crippen LogP contribution in [0.25, 0.3) is 0 Å². The van der Waals surface area contributed by atoms with Crippen molar-refractivity contribution in [1.82, 2.24) is 5.32 Å². The van der Waals surface area contributed by atoms with Crippen molar-refractivity contribution in [2.45, 2.75) is 0 Å². The van der Waals surface area contributed by atoms with Crippen LogP contribution in [0.4, 0.5) is 5.69 Å². The topological polar surface area (TPSA) is 71.9 Å². The Balaban J connectivity index is 1.63. The highest BCUT2D eigenvalue weighted by molar-refractivity contribution is 9.10. The van der Waals surface area contributed by atoms with Gasteiger partial charge in [-0.05, 0) is 40.2 Å². The minimum Gasteiger partial charge on any atom is -0.488 e. The third kappa shape index (κ3) is 7.25. The Morgan fingerprint density at radius 1 is 1.04 bits per heavy atom. The van der Waals surface area contributed by atoms with Crippen molar-refractivity contribution in [3.05, 3.63) is 59.1 Å². The minimum atomic E-state index is -0.268. The zero-order valence-electron chi connectivity index (χ0n) is 14.6. The highest BCUT2D eigenvalue weighted by Gasteiger charge is 2.12. The van der Waals surface area contributed by atoms with E-state index in [2.05, 4.69) is 26.6 Å². The lowest BCUT2D eigenvalue weighted by atomic mass is 10.3. The largest absolute Gasteiger partial charge is 0.488 e. The van der Waals surface area contributed by atoms with Gasteiger partial charge in [-0.3, -0.25) is 9.59 Å². The number of para-hydroxylation sites is 2. The fourth-order valence-corrected chi connectivity index (χ4v) is 2.60. The lowest BCUT2D eigenvalue weighted by Gasteiger charge is -2.14. The molecule has 0 saturated heterocycles. The maximum absolute atomic E-state index is 11.9. The fourth-order valence-electron chi connectivity index (χ4n) is 2.22. The van der Waals surface area contributed by atoms with Crippen LogP contribution in [0, 0.1) is 0 Å². The molecule has 3 N–H and O–H groups in total. The van der Waals surface area contributed by atoms with E-state index in [0.29, 0.717) is 18.8 Å². The van der Waals surface area contributed by atoms with Crippen LogP contribution < -0.4 is 20.3 Å². The highest BCUT2D eigenvalue weighted by atomic mass is 79.9. The second-order valence-corrected chi connectivity index (χ2v) is 6.70. The van der Waals surface area contributed by atoms with Crippen LogP contribution in [0.2, 0.25) is 0 Å². The Bertz CT molecular complexity index is 725. The number of amides is 2. The molecule has 26 heavy (non-hydrogen) atoms. The van der Waals surface area contributed by atoms with Crippen molar-refractivity contribution in [3.8, 4) is 5.75 Å². The maximum atomic E-state index is 11.9. The Labute approximate surface area is 161 Å². The summed E-state index contributed by atoms with van der Waals surface area (Å²) in [5, 5.41) is 5.38. The van der Waals surface area contributed by atoms with E-state index in [1.165, 1.54) is 0 Å². The molecule has 1 unspecified atom stereocenters. The van der Waals surface area contributed by atoms with Crippen molar-refractivity contribution < 1.29 is 19.2 Å². The van der Waals surface area contributed by atoms with Crippen LogP contribution in [-0.4, -0.2) is 45.1 Å². The molecule has 0 heterocycles. The van der Waals surface area contributed by atoms with Crippen molar-refractivity contribution in [2.24, 2.45) is 0 Å². The lowest BCUT2D eigenvalue weighted by molar-refractivity contribution is -0.871. The summed E-state index contributed by atoms with van der Waals surface area (Å²) in [5.74, 6) is 0.369. The van der Waals surface area contributed by atoms with Gasteiger partial charge in [0, 0.05) is 4.47 Å². The van der Waals surface area contributed by atoms with Gasteiger partial charge in [-0.25, -0.2) is 0 Å². The molecule has 0 fully saturated rings. The summed E-state index contributed by atoms with van der Waals surface area (Å²) in [6.45, 7) is 1.42. The monoisotopic (exact) mass is 420 g/mol. The molecule has 138 valence electrons. The van der Waals surface area contributed by atoms with Gasteiger partial charge in [0.25, 0.3) is 5.91 Å². The number of likely N-dealkylation sites (N-methyl/N-ethyl adjacent to an activating group) is 1. The molecule has 0 spiro atoms. The second-order valence-electron chi connectivity index (χ2n) is 5.85. The summed E-state index contributed by atoms with van der Waals surface area (Å²) < 4.78 is 6.41. The first-order chi connectivity index (χ1) is 12.5. The molecular formula is C19H23BrN3O3+. The molecule has 0 aromatic heterocycles. The molecule has 6 nitrogen and oxygen atoms in total. The van der Waals surface area contributed by atoms with Gasteiger partial charge < -0.3 is 20.3 Å². The zero-order valence-corrected chi connectivity index (χ0v) is 16.2. The maximum Gasteiger partial charge on any atom is 0.275 e. The average Bonchev–Trinajstić information content (AvgIpc) is 2.63. The first-order valence-corrected chi connectivity index (χ1v) is 9.14. The minimum absolute atomic E-state index is 0.0615. The number of anilines is 1. The Hall–Kier alpha value is -2.38. The lowest BCUT2D eigenvalue weighted by Crippen LogP contribution is -3.10. The smallest absolute Gasteiger partial charge is 0.275 e. The number of hydrogen-bond acceptors (Lipinski definition) is 3. The molecule has 0 radical (unpaired) electrons. The number of halogens is 1. The van der Waals surface area contributed by atoms with E-state index in [0.717, 1.165) is 15.1 Å². The van der Waals surface area contributed by atoms with E-state index in [1.54, 1.807) is 6.07 Å². The normalized spacial score (nSPS) is 11.5. The SMILES string of the molecule is C[NH+](CCOc1ccccc1)CC(=O)NCC(=O)Nc1ccccc1Br. The molecule has 7 heteroatoms. The van der Waals surface area contributed by atoms with Crippen molar-refractivity contribution in [2.75, 3.05) is 38.6 Å². The Morgan fingerprint density at radius 2 is 1.73 bits per heavy atom. The number of quaternary nitrogens is 1. The fraction of sp³-hybridized carbons (Fsp3) is 0.263. The van der Waals surface area contributed by atoms with Crippen LogP contribution in [-0.2, 0) is 9.59 Å². The van der Waals surface area contributed by atoms with Gasteiger partial charge in [0.2, 0.25) is 5.91 Å². The average molecular weight is 421 g/mol. The summed E-state index contributed by atoms with van der Waals surface area (Å²) in [7, 11) is 1.91. The van der Waals surface area contributed by atoms with E-state index in [9.17, 15) is 9.59 Å². The summed E-state index contributed by atoms with van der Waals surface area (Å²) in [6.07, 6.45) is 0. The Kier molecular flexibility index (Phi) is 8.11. The van der Waals surface area contributed by atoms with Crippen LogP contribution in [0.5, 0.6) is 5.75 Å². The van der Waals surface area contributed by atoms with E-state index >= 15 is 0 Å². The van der Waals surface area contributed by atoms with Crippen LogP contribution in [0.1, 0.15) is 0 Å². The highest BCUT2D eigenvalue weighted by Crippen LogP contribution is 2.20. The van der Waals surface area contributed by atoms with E-state index in [-0.39, 0.29) is 24.9 Å². The zero-order chi connectivity index (χ0) is 18.8. The van der Waals surface area contributed by atoms with E-state index < -0.39 is 0 Å². The molecule has 0 aliphatic heterocycles. The van der Waals surface area contributed by atoms with Gasteiger partial charge >= 0.3 is 0 Å². The third-order valence-corrected chi connectivity index (χ3v) is 4.29. The van der Waals surface area contributed by atoms with Gasteiger partial charge in [0.05, 0.1) is 19.3 Å². The number of carbonyl (C=O) groups excluding carboxylic acids is 2.